The third-order valence-corrected chi connectivity index (χ3v) is 5.69. The van der Waals surface area contributed by atoms with Gasteiger partial charge in [0.15, 0.2) is 0 Å². The molecule has 0 unspecified atom stereocenters. The molecule has 11 nitrogen and oxygen atoms in total. The molecule has 0 aliphatic carbocycles. The summed E-state index contributed by atoms with van der Waals surface area (Å²) in [4.78, 5) is 2.14. The van der Waals surface area contributed by atoms with Crippen LogP contribution in [0.15, 0.2) is 73.5 Å². The molecule has 0 fully saturated rings. The average Bonchev–Trinajstić information content (AvgIpc) is 2.65. The molecule has 0 saturated carbocycles. The van der Waals surface area contributed by atoms with Crippen LogP contribution in [0.5, 0.6) is 5.75 Å². The summed E-state index contributed by atoms with van der Waals surface area (Å²) in [5.41, 5.74) is 0.138. The van der Waals surface area contributed by atoms with Gasteiger partial charge in [-0.05, 0) is 60.7 Å². The largest absolute Gasteiger partial charge is 1.00 e. The first-order valence-electron chi connectivity index (χ1n) is 8.33. The summed E-state index contributed by atoms with van der Waals surface area (Å²) in [5.74, 6) is -1.55. The molecule has 0 radical (unpaired) electrons. The fraction of sp³-hybridized carbons (Fsp3) is 0.0556. The minimum absolute atomic E-state index is 0. The summed E-state index contributed by atoms with van der Waals surface area (Å²) in [6, 6.07) is 9.69. The molecule has 0 aliphatic heterocycles. The van der Waals surface area contributed by atoms with E-state index in [2.05, 4.69) is 15.2 Å². The number of nitrogens with zero attached hydrogens (tertiary/aromatic N) is 3. The van der Waals surface area contributed by atoms with Crippen LogP contribution in [-0.4, -0.2) is 31.8 Å². The molecule has 0 saturated heterocycles. The van der Waals surface area contributed by atoms with Crippen LogP contribution in [-0.2, 0) is 20.2 Å². The van der Waals surface area contributed by atoms with Gasteiger partial charge < -0.3 is 10.2 Å². The second-order valence-corrected chi connectivity index (χ2v) is 9.04. The summed E-state index contributed by atoms with van der Waals surface area (Å²) in [7, 11) is -9.58. The van der Waals surface area contributed by atoms with Gasteiger partial charge in [0.25, 0.3) is 20.2 Å². The second-order valence-electron chi connectivity index (χ2n) is 6.23. The van der Waals surface area contributed by atoms with Crippen LogP contribution in [0.4, 0.5) is 17.1 Å². The Bertz CT molecular complexity index is 1450. The predicted molar refractivity (Wildman–Crippen MR) is 106 cm³/mol. The minimum atomic E-state index is -4.97. The van der Waals surface area contributed by atoms with Gasteiger partial charge in [-0.2, -0.15) is 27.1 Å². The van der Waals surface area contributed by atoms with Crippen LogP contribution in [0.3, 0.4) is 0 Å². The van der Waals surface area contributed by atoms with Crippen molar-refractivity contribution in [3.05, 3.63) is 48.5 Å². The molecule has 2 N–H and O–H groups in total. The van der Waals surface area contributed by atoms with E-state index in [1.54, 1.807) is 0 Å². The monoisotopic (exact) mass is 509 g/mol. The normalized spacial score (nSPS) is 12.4. The Balaban J connectivity index is 0.00000272. The molecule has 33 heavy (non-hydrogen) atoms. The van der Waals surface area contributed by atoms with Crippen molar-refractivity contribution in [2.45, 2.75) is 16.7 Å². The van der Waals surface area contributed by atoms with Crippen LogP contribution in [0.2, 0.25) is 0 Å². The third-order valence-electron chi connectivity index (χ3n) is 3.98. The number of aliphatic imine (C=N–C) groups is 1. The molecule has 3 aromatic carbocycles. The predicted octanol–water partition coefficient (Wildman–Crippen LogP) is -3.76. The van der Waals surface area contributed by atoms with E-state index in [0.29, 0.717) is 5.69 Å². The number of azo groups is 1. The molecule has 0 amide bonds. The van der Waals surface area contributed by atoms with Crippen LogP contribution in [0.25, 0.3) is 10.8 Å². The van der Waals surface area contributed by atoms with Crippen molar-refractivity contribution in [2.75, 3.05) is 0 Å². The van der Waals surface area contributed by atoms with Gasteiger partial charge in [-0.15, -0.1) is 0 Å². The quantitative estimate of drug-likeness (QED) is 0.115. The molecule has 15 heteroatoms. The average molecular weight is 509 g/mol. The van der Waals surface area contributed by atoms with Crippen molar-refractivity contribution in [3.63, 3.8) is 0 Å². The maximum absolute atomic E-state index is 12.6. The van der Waals surface area contributed by atoms with Gasteiger partial charge in [-0.3, -0.25) is 14.1 Å². The fourth-order valence-electron chi connectivity index (χ4n) is 2.66. The summed E-state index contributed by atoms with van der Waals surface area (Å²) < 4.78 is 64.5. The Labute approximate surface area is 233 Å². The summed E-state index contributed by atoms with van der Waals surface area (Å²) >= 11 is 0. The molecule has 3 aromatic rings. The van der Waals surface area contributed by atoms with Crippen LogP contribution >= 0.6 is 0 Å². The SMILES string of the molecule is CC([O-])=Nc1ccc(N=Nc2c([O-])c(S(=O)(=O)O)cc3cc(S(=O)(=O)O)ccc23)cc1.[Na+].[Na+]. The molecular weight excluding hydrogens is 496 g/mol. The van der Waals surface area contributed by atoms with Gasteiger partial charge in [0.2, 0.25) is 0 Å². The Kier molecular flexibility index (Phi) is 10.2. The topological polar surface area (TPSA) is 192 Å². The molecule has 0 spiro atoms. The first kappa shape index (κ1) is 29.6. The smallest absolute Gasteiger partial charge is 0.870 e. The number of rotatable bonds is 5. The molecule has 0 heterocycles. The molecular formula is C18H13N3Na2O8S2. The van der Waals surface area contributed by atoms with E-state index in [-0.39, 0.29) is 75.6 Å². The van der Waals surface area contributed by atoms with E-state index in [1.165, 1.54) is 31.2 Å². The van der Waals surface area contributed by atoms with Gasteiger partial charge in [0.1, 0.15) is 0 Å². The van der Waals surface area contributed by atoms with Gasteiger partial charge in [-0.1, -0.05) is 11.8 Å². The Morgan fingerprint density at radius 3 is 1.94 bits per heavy atom. The zero-order valence-corrected chi connectivity index (χ0v) is 23.3. The fourth-order valence-corrected chi connectivity index (χ4v) is 3.78. The van der Waals surface area contributed by atoms with Crippen molar-refractivity contribution in [3.8, 4) is 5.75 Å². The Hall–Kier alpha value is -1.39. The number of fused-ring (bicyclic) bond motifs is 1. The summed E-state index contributed by atoms with van der Waals surface area (Å²) in [5, 5.41) is 31.2. The minimum Gasteiger partial charge on any atom is -0.870 e. The first-order valence-corrected chi connectivity index (χ1v) is 11.2. The number of hydrogen-bond donors (Lipinski definition) is 2. The first-order chi connectivity index (χ1) is 14.4. The summed E-state index contributed by atoms with van der Waals surface area (Å²) in [6.45, 7) is 1.28. The van der Waals surface area contributed by atoms with Crippen molar-refractivity contribution < 1.29 is 95.3 Å². The number of hydrogen-bond acceptors (Lipinski definition) is 9. The Morgan fingerprint density at radius 1 is 0.848 bits per heavy atom. The maximum Gasteiger partial charge on any atom is 1.00 e. The molecule has 3 rings (SSSR count). The van der Waals surface area contributed by atoms with Crippen molar-refractivity contribution in [2.24, 2.45) is 15.2 Å². The number of benzene rings is 3. The zero-order chi connectivity index (χ0) is 23.0. The van der Waals surface area contributed by atoms with Gasteiger partial charge in [0, 0.05) is 5.39 Å². The summed E-state index contributed by atoms with van der Waals surface area (Å²) in [6.07, 6.45) is 0. The molecule has 162 valence electrons. The molecule has 0 atom stereocenters. The second kappa shape index (κ2) is 11.4. The van der Waals surface area contributed by atoms with Gasteiger partial charge in [0.05, 0.1) is 26.9 Å². The van der Waals surface area contributed by atoms with Crippen molar-refractivity contribution >= 4 is 54.0 Å². The van der Waals surface area contributed by atoms with E-state index in [4.69, 9.17) is 0 Å². The van der Waals surface area contributed by atoms with Crippen LogP contribution in [0.1, 0.15) is 6.92 Å². The van der Waals surface area contributed by atoms with Crippen molar-refractivity contribution in [1.29, 1.82) is 0 Å². The van der Waals surface area contributed by atoms with E-state index in [0.717, 1.165) is 24.3 Å². The van der Waals surface area contributed by atoms with E-state index < -0.39 is 47.4 Å². The molecule has 0 aromatic heterocycles. The molecule has 0 bridgehead atoms. The van der Waals surface area contributed by atoms with E-state index >= 15 is 0 Å². The maximum atomic E-state index is 12.6. The van der Waals surface area contributed by atoms with Crippen molar-refractivity contribution in [1.82, 2.24) is 0 Å². The standard InChI is InChI=1S/C18H15N3O8S2.2Na/c1-10(22)19-12-2-4-13(5-3-12)20-21-17-15-7-6-14(30(24,25)26)8-11(15)9-16(18(17)23)31(27,28)29;;/h2-9,23H,1H3,(H,19,22)(H,24,25,26)(H,27,28,29);;/q;2*+1/p-2. The third kappa shape index (κ3) is 7.29. The molecule has 0 aliphatic rings. The van der Waals surface area contributed by atoms with Gasteiger partial charge in [-0.25, -0.2) is 0 Å². The zero-order valence-electron chi connectivity index (χ0n) is 17.6. The van der Waals surface area contributed by atoms with E-state index in [1.807, 2.05) is 0 Å². The van der Waals surface area contributed by atoms with Gasteiger partial charge >= 0.3 is 59.1 Å². The Morgan fingerprint density at radius 2 is 1.42 bits per heavy atom. The van der Waals surface area contributed by atoms with Crippen LogP contribution in [0, 0.1) is 0 Å². The van der Waals surface area contributed by atoms with Crippen LogP contribution < -0.4 is 69.3 Å². The van der Waals surface area contributed by atoms with E-state index in [9.17, 15) is 36.2 Å².